The van der Waals surface area contributed by atoms with Gasteiger partial charge in [0.05, 0.1) is 6.54 Å². The summed E-state index contributed by atoms with van der Waals surface area (Å²) in [6.07, 6.45) is 11.2. The first-order valence-corrected chi connectivity index (χ1v) is 8.02. The standard InChI is InChI=1S/C16H23N3O2/c20-16(6-5-13-3-1-2-4-13)19-10-8-14(11-19)21-15-7-9-17-12-18-15/h7,9,12-14H,1-6,8,10-11H2. The predicted octanol–water partition coefficient (Wildman–Crippen LogP) is 2.43. The van der Waals surface area contributed by atoms with E-state index in [9.17, 15) is 4.79 Å². The van der Waals surface area contributed by atoms with E-state index in [0.29, 0.717) is 18.8 Å². The molecule has 21 heavy (non-hydrogen) atoms. The van der Waals surface area contributed by atoms with Gasteiger partial charge in [0.2, 0.25) is 11.8 Å². The number of carbonyl (C=O) groups is 1. The van der Waals surface area contributed by atoms with Crippen molar-refractivity contribution in [3.8, 4) is 5.88 Å². The molecular formula is C16H23N3O2. The van der Waals surface area contributed by atoms with E-state index in [1.807, 2.05) is 4.90 Å². The average molecular weight is 289 g/mol. The van der Waals surface area contributed by atoms with Crippen LogP contribution in [0, 0.1) is 5.92 Å². The van der Waals surface area contributed by atoms with Crippen LogP contribution in [0.2, 0.25) is 0 Å². The maximum Gasteiger partial charge on any atom is 0.222 e. The molecule has 114 valence electrons. The van der Waals surface area contributed by atoms with Crippen molar-refractivity contribution in [1.29, 1.82) is 0 Å². The topological polar surface area (TPSA) is 55.3 Å². The van der Waals surface area contributed by atoms with Gasteiger partial charge < -0.3 is 9.64 Å². The van der Waals surface area contributed by atoms with Gasteiger partial charge in [0, 0.05) is 31.6 Å². The van der Waals surface area contributed by atoms with Crippen LogP contribution in [0.25, 0.3) is 0 Å². The number of nitrogens with zero attached hydrogens (tertiary/aromatic N) is 3. The van der Waals surface area contributed by atoms with Crippen molar-refractivity contribution in [2.45, 2.75) is 51.0 Å². The number of carbonyl (C=O) groups excluding carboxylic acids is 1. The van der Waals surface area contributed by atoms with Crippen molar-refractivity contribution >= 4 is 5.91 Å². The van der Waals surface area contributed by atoms with Crippen molar-refractivity contribution in [3.05, 3.63) is 18.6 Å². The third-order valence-electron chi connectivity index (χ3n) is 4.58. The maximum atomic E-state index is 12.2. The monoisotopic (exact) mass is 289 g/mol. The molecule has 2 aliphatic rings. The molecule has 0 radical (unpaired) electrons. The van der Waals surface area contributed by atoms with E-state index >= 15 is 0 Å². The van der Waals surface area contributed by atoms with E-state index in [-0.39, 0.29) is 12.0 Å². The van der Waals surface area contributed by atoms with Crippen LogP contribution in [0.15, 0.2) is 18.6 Å². The van der Waals surface area contributed by atoms with Gasteiger partial charge in [0.15, 0.2) is 0 Å². The number of rotatable bonds is 5. The molecule has 5 heteroatoms. The van der Waals surface area contributed by atoms with Gasteiger partial charge in [-0.2, -0.15) is 0 Å². The lowest BCUT2D eigenvalue weighted by Crippen LogP contribution is -2.31. The minimum absolute atomic E-state index is 0.0651. The van der Waals surface area contributed by atoms with Gasteiger partial charge in [-0.3, -0.25) is 4.79 Å². The molecule has 1 amide bonds. The quantitative estimate of drug-likeness (QED) is 0.835. The van der Waals surface area contributed by atoms with Gasteiger partial charge in [-0.05, 0) is 12.3 Å². The summed E-state index contributed by atoms with van der Waals surface area (Å²) in [6.45, 7) is 1.49. The van der Waals surface area contributed by atoms with Gasteiger partial charge in [-0.15, -0.1) is 0 Å². The molecule has 5 nitrogen and oxygen atoms in total. The van der Waals surface area contributed by atoms with Crippen LogP contribution < -0.4 is 4.74 Å². The lowest BCUT2D eigenvalue weighted by Gasteiger charge is -2.18. The van der Waals surface area contributed by atoms with Gasteiger partial charge in [0.25, 0.3) is 0 Å². The van der Waals surface area contributed by atoms with Gasteiger partial charge in [-0.25, -0.2) is 9.97 Å². The van der Waals surface area contributed by atoms with E-state index < -0.39 is 0 Å². The fraction of sp³-hybridized carbons (Fsp3) is 0.688. The molecule has 0 aromatic carbocycles. The third-order valence-corrected chi connectivity index (χ3v) is 4.58. The maximum absolute atomic E-state index is 12.2. The molecule has 2 fully saturated rings. The molecule has 0 N–H and O–H groups in total. The van der Waals surface area contributed by atoms with Crippen LogP contribution in [0.1, 0.15) is 44.9 Å². The predicted molar refractivity (Wildman–Crippen MR) is 78.8 cm³/mol. The number of ether oxygens (including phenoxy) is 1. The van der Waals surface area contributed by atoms with Crippen molar-refractivity contribution in [2.24, 2.45) is 5.92 Å². The Bertz CT molecular complexity index is 460. The summed E-state index contributed by atoms with van der Waals surface area (Å²) in [5, 5.41) is 0. The Hall–Kier alpha value is -1.65. The van der Waals surface area contributed by atoms with Crippen molar-refractivity contribution in [2.75, 3.05) is 13.1 Å². The highest BCUT2D eigenvalue weighted by Gasteiger charge is 2.28. The molecule has 1 aromatic heterocycles. The Morgan fingerprint density at radius 2 is 2.19 bits per heavy atom. The second-order valence-electron chi connectivity index (χ2n) is 6.11. The zero-order valence-electron chi connectivity index (χ0n) is 12.4. The van der Waals surface area contributed by atoms with Crippen LogP contribution in [0.5, 0.6) is 5.88 Å². The lowest BCUT2D eigenvalue weighted by atomic mass is 10.0. The first-order valence-electron chi connectivity index (χ1n) is 8.02. The molecule has 1 unspecified atom stereocenters. The smallest absolute Gasteiger partial charge is 0.222 e. The first kappa shape index (κ1) is 14.3. The Kier molecular flexibility index (Phi) is 4.68. The van der Waals surface area contributed by atoms with Gasteiger partial charge in [-0.1, -0.05) is 25.7 Å². The molecule has 1 aromatic rings. The minimum Gasteiger partial charge on any atom is -0.472 e. The largest absolute Gasteiger partial charge is 0.472 e. The van der Waals surface area contributed by atoms with Crippen LogP contribution >= 0.6 is 0 Å². The van der Waals surface area contributed by atoms with E-state index in [1.54, 1.807) is 12.3 Å². The van der Waals surface area contributed by atoms with Crippen LogP contribution in [-0.4, -0.2) is 40.0 Å². The summed E-state index contributed by atoms with van der Waals surface area (Å²) in [7, 11) is 0. The average Bonchev–Trinajstić information content (AvgIpc) is 3.17. The second-order valence-corrected chi connectivity index (χ2v) is 6.11. The van der Waals surface area contributed by atoms with E-state index in [4.69, 9.17) is 4.74 Å². The Balaban J connectivity index is 1.42. The summed E-state index contributed by atoms with van der Waals surface area (Å²) < 4.78 is 5.79. The zero-order valence-corrected chi connectivity index (χ0v) is 12.4. The van der Waals surface area contributed by atoms with Gasteiger partial charge >= 0.3 is 0 Å². The highest BCUT2D eigenvalue weighted by atomic mass is 16.5. The summed E-state index contributed by atoms with van der Waals surface area (Å²) in [5.74, 6) is 1.66. The lowest BCUT2D eigenvalue weighted by molar-refractivity contribution is -0.130. The number of hydrogen-bond donors (Lipinski definition) is 0. The molecule has 2 heterocycles. The van der Waals surface area contributed by atoms with Crippen LogP contribution in [0.3, 0.4) is 0 Å². The van der Waals surface area contributed by atoms with Crippen LogP contribution in [0.4, 0.5) is 0 Å². The molecule has 0 bridgehead atoms. The Morgan fingerprint density at radius 1 is 1.33 bits per heavy atom. The highest BCUT2D eigenvalue weighted by molar-refractivity contribution is 5.76. The number of aromatic nitrogens is 2. The molecule has 1 atom stereocenters. The van der Waals surface area contributed by atoms with Crippen LogP contribution in [-0.2, 0) is 4.79 Å². The Labute approximate surface area is 125 Å². The molecule has 1 aliphatic heterocycles. The number of likely N-dealkylation sites (tertiary alicyclic amines) is 1. The summed E-state index contributed by atoms with van der Waals surface area (Å²) in [5.41, 5.74) is 0. The summed E-state index contributed by atoms with van der Waals surface area (Å²) in [4.78, 5) is 22.1. The summed E-state index contributed by atoms with van der Waals surface area (Å²) >= 11 is 0. The highest BCUT2D eigenvalue weighted by Crippen LogP contribution is 2.29. The third kappa shape index (κ3) is 3.93. The molecule has 0 spiro atoms. The molecular weight excluding hydrogens is 266 g/mol. The van der Waals surface area contributed by atoms with E-state index in [1.165, 1.54) is 32.0 Å². The molecule has 3 rings (SSSR count). The van der Waals surface area contributed by atoms with E-state index in [0.717, 1.165) is 25.3 Å². The fourth-order valence-electron chi connectivity index (χ4n) is 3.35. The molecule has 1 saturated carbocycles. The van der Waals surface area contributed by atoms with Crippen molar-refractivity contribution in [3.63, 3.8) is 0 Å². The number of amides is 1. The molecule has 1 aliphatic carbocycles. The Morgan fingerprint density at radius 3 is 2.95 bits per heavy atom. The number of hydrogen-bond acceptors (Lipinski definition) is 4. The molecule has 1 saturated heterocycles. The van der Waals surface area contributed by atoms with Crippen molar-refractivity contribution in [1.82, 2.24) is 14.9 Å². The fourth-order valence-corrected chi connectivity index (χ4v) is 3.35. The second kappa shape index (κ2) is 6.87. The first-order chi connectivity index (χ1) is 10.3. The van der Waals surface area contributed by atoms with E-state index in [2.05, 4.69) is 9.97 Å². The van der Waals surface area contributed by atoms with Gasteiger partial charge in [0.1, 0.15) is 12.4 Å². The SMILES string of the molecule is O=C(CCC1CCCC1)N1CCC(Oc2ccncn2)C1. The summed E-state index contributed by atoms with van der Waals surface area (Å²) in [6, 6.07) is 1.75. The minimum atomic E-state index is 0.0651. The zero-order chi connectivity index (χ0) is 14.5. The normalized spacial score (nSPS) is 22.7. The van der Waals surface area contributed by atoms with Crippen molar-refractivity contribution < 1.29 is 9.53 Å².